The molecule has 74 valence electrons. The number of hydrogen-bond acceptors (Lipinski definition) is 3. The lowest BCUT2D eigenvalue weighted by Gasteiger charge is -2.27. The molecular formula is C8H13ClN2O2. The molecule has 0 aromatic heterocycles. The second-order valence-electron chi connectivity index (χ2n) is 3.05. The molecule has 0 aromatic carbocycles. The van der Waals surface area contributed by atoms with Crippen LogP contribution in [0.15, 0.2) is 0 Å². The first kappa shape index (κ1) is 12.2. The molecule has 0 amide bonds. The predicted molar refractivity (Wildman–Crippen MR) is 49.7 cm³/mol. The van der Waals surface area contributed by atoms with E-state index >= 15 is 0 Å². The maximum atomic E-state index is 10.5. The van der Waals surface area contributed by atoms with Crippen LogP contribution >= 0.6 is 12.4 Å². The molecule has 0 atom stereocenters. The minimum absolute atomic E-state index is 0. The second kappa shape index (κ2) is 5.79. The summed E-state index contributed by atoms with van der Waals surface area (Å²) in [5.74, 6) is -0.897. The van der Waals surface area contributed by atoms with E-state index in [0.717, 1.165) is 13.1 Å². The van der Waals surface area contributed by atoms with E-state index in [1.54, 1.807) is 0 Å². The molecule has 1 fully saturated rings. The number of hydrogen-bond donors (Lipinski definition) is 1. The molecule has 0 unspecified atom stereocenters. The van der Waals surface area contributed by atoms with Crippen LogP contribution < -0.4 is 0 Å². The third kappa shape index (κ3) is 3.62. The molecule has 0 bridgehead atoms. The van der Waals surface area contributed by atoms with Crippen molar-refractivity contribution >= 4 is 18.4 Å². The first-order chi connectivity index (χ1) is 5.74. The summed E-state index contributed by atoms with van der Waals surface area (Å²) in [7, 11) is 0. The van der Waals surface area contributed by atoms with Gasteiger partial charge in [-0.1, -0.05) is 0 Å². The first-order valence-electron chi connectivity index (χ1n) is 4.06. The highest BCUT2D eigenvalue weighted by Gasteiger charge is 2.23. The molecule has 1 saturated heterocycles. The number of carboxylic acids is 1. The molecule has 0 aromatic rings. The zero-order valence-corrected chi connectivity index (χ0v) is 8.09. The molecule has 1 heterocycles. The van der Waals surface area contributed by atoms with Crippen LogP contribution in [0, 0.1) is 17.2 Å². The summed E-state index contributed by atoms with van der Waals surface area (Å²) >= 11 is 0. The van der Waals surface area contributed by atoms with Gasteiger partial charge >= 0.3 is 5.97 Å². The second-order valence-corrected chi connectivity index (χ2v) is 3.05. The Balaban J connectivity index is 0.00000144. The fraction of sp³-hybridized carbons (Fsp3) is 0.750. The lowest BCUT2D eigenvalue weighted by Crippen LogP contribution is -2.36. The van der Waals surface area contributed by atoms with Gasteiger partial charge in [0.1, 0.15) is 0 Å². The van der Waals surface area contributed by atoms with E-state index in [-0.39, 0.29) is 18.3 Å². The zero-order chi connectivity index (χ0) is 8.97. The number of carboxylic acid groups (broad SMARTS) is 1. The largest absolute Gasteiger partial charge is 0.481 e. The number of nitrogens with zero attached hydrogens (tertiary/aromatic N) is 2. The Labute approximate surface area is 83.5 Å². The van der Waals surface area contributed by atoms with Gasteiger partial charge < -0.3 is 5.11 Å². The van der Waals surface area contributed by atoms with Crippen LogP contribution in [0.3, 0.4) is 0 Å². The fourth-order valence-electron chi connectivity index (χ4n) is 1.44. The monoisotopic (exact) mass is 204 g/mol. The van der Waals surface area contributed by atoms with Crippen LogP contribution in [0.4, 0.5) is 0 Å². The molecule has 4 nitrogen and oxygen atoms in total. The van der Waals surface area contributed by atoms with E-state index in [2.05, 4.69) is 6.07 Å². The smallest absolute Gasteiger partial charge is 0.306 e. The SMILES string of the molecule is Cl.N#CCN1CCC(C(=O)O)CC1. The molecule has 0 saturated carbocycles. The van der Waals surface area contributed by atoms with E-state index in [0.29, 0.717) is 19.4 Å². The molecule has 1 N–H and O–H groups in total. The van der Waals surface area contributed by atoms with E-state index in [9.17, 15) is 4.79 Å². The molecule has 1 aliphatic heterocycles. The van der Waals surface area contributed by atoms with Gasteiger partial charge in [-0.3, -0.25) is 9.69 Å². The van der Waals surface area contributed by atoms with Crippen molar-refractivity contribution in [3.05, 3.63) is 0 Å². The van der Waals surface area contributed by atoms with Gasteiger partial charge in [0.05, 0.1) is 18.5 Å². The third-order valence-corrected chi connectivity index (χ3v) is 2.23. The summed E-state index contributed by atoms with van der Waals surface area (Å²) in [5.41, 5.74) is 0. The van der Waals surface area contributed by atoms with E-state index in [1.807, 2.05) is 4.90 Å². The lowest BCUT2D eigenvalue weighted by atomic mass is 9.97. The number of rotatable bonds is 2. The first-order valence-corrected chi connectivity index (χ1v) is 4.06. The highest BCUT2D eigenvalue weighted by Crippen LogP contribution is 2.16. The van der Waals surface area contributed by atoms with Crippen LogP contribution in [-0.2, 0) is 4.79 Å². The Morgan fingerprint density at radius 2 is 2.08 bits per heavy atom. The summed E-state index contributed by atoms with van der Waals surface area (Å²) in [6, 6.07) is 2.06. The van der Waals surface area contributed by atoms with Gasteiger partial charge in [0.25, 0.3) is 0 Å². The van der Waals surface area contributed by atoms with Gasteiger partial charge in [0, 0.05) is 0 Å². The number of piperidine rings is 1. The van der Waals surface area contributed by atoms with Crippen molar-refractivity contribution in [2.45, 2.75) is 12.8 Å². The average Bonchev–Trinajstić information content (AvgIpc) is 2.06. The Morgan fingerprint density at radius 1 is 1.54 bits per heavy atom. The van der Waals surface area contributed by atoms with Crippen LogP contribution in [0.2, 0.25) is 0 Å². The molecule has 5 heteroatoms. The maximum Gasteiger partial charge on any atom is 0.306 e. The van der Waals surface area contributed by atoms with Crippen LogP contribution in [0.25, 0.3) is 0 Å². The van der Waals surface area contributed by atoms with Crippen molar-refractivity contribution in [3.8, 4) is 6.07 Å². The Bertz CT molecular complexity index is 207. The number of halogens is 1. The number of carbonyl (C=O) groups is 1. The van der Waals surface area contributed by atoms with Crippen molar-refractivity contribution in [3.63, 3.8) is 0 Å². The summed E-state index contributed by atoms with van der Waals surface area (Å²) < 4.78 is 0. The minimum atomic E-state index is -0.702. The van der Waals surface area contributed by atoms with Gasteiger partial charge in [-0.15, -0.1) is 12.4 Å². The lowest BCUT2D eigenvalue weighted by molar-refractivity contribution is -0.143. The standard InChI is InChI=1S/C8H12N2O2.ClH/c9-3-6-10-4-1-7(2-5-10)8(11)12;/h7H,1-2,4-6H2,(H,11,12);1H. The number of aliphatic carboxylic acids is 1. The fourth-order valence-corrected chi connectivity index (χ4v) is 1.44. The van der Waals surface area contributed by atoms with E-state index in [4.69, 9.17) is 10.4 Å². The summed E-state index contributed by atoms with van der Waals surface area (Å²) in [6.07, 6.45) is 1.36. The summed E-state index contributed by atoms with van der Waals surface area (Å²) in [6.45, 7) is 1.90. The molecule has 1 aliphatic rings. The summed E-state index contributed by atoms with van der Waals surface area (Å²) in [4.78, 5) is 12.5. The Morgan fingerprint density at radius 3 is 2.46 bits per heavy atom. The van der Waals surface area contributed by atoms with Crippen LogP contribution in [0.5, 0.6) is 0 Å². The van der Waals surface area contributed by atoms with Crippen molar-refractivity contribution in [1.82, 2.24) is 4.90 Å². The van der Waals surface area contributed by atoms with Crippen LogP contribution in [-0.4, -0.2) is 35.6 Å². The number of nitriles is 1. The van der Waals surface area contributed by atoms with Crippen molar-refractivity contribution in [2.24, 2.45) is 5.92 Å². The minimum Gasteiger partial charge on any atom is -0.481 e. The van der Waals surface area contributed by atoms with Crippen molar-refractivity contribution in [1.29, 1.82) is 5.26 Å². The molecule has 1 rings (SSSR count). The van der Waals surface area contributed by atoms with Gasteiger partial charge in [0.15, 0.2) is 0 Å². The van der Waals surface area contributed by atoms with Crippen LogP contribution in [0.1, 0.15) is 12.8 Å². The summed E-state index contributed by atoms with van der Waals surface area (Å²) in [5, 5.41) is 17.1. The Kier molecular flexibility index (Phi) is 5.44. The van der Waals surface area contributed by atoms with Gasteiger partial charge in [-0.2, -0.15) is 5.26 Å². The topological polar surface area (TPSA) is 64.3 Å². The quantitative estimate of drug-likeness (QED) is 0.674. The Hall–Kier alpha value is -0.790. The van der Waals surface area contributed by atoms with Crippen molar-refractivity contribution < 1.29 is 9.90 Å². The molecule has 0 radical (unpaired) electrons. The van der Waals surface area contributed by atoms with E-state index < -0.39 is 5.97 Å². The molecular weight excluding hydrogens is 192 g/mol. The van der Waals surface area contributed by atoms with Crippen molar-refractivity contribution in [2.75, 3.05) is 19.6 Å². The zero-order valence-electron chi connectivity index (χ0n) is 7.27. The normalized spacial score (nSPS) is 18.7. The average molecular weight is 205 g/mol. The van der Waals surface area contributed by atoms with Gasteiger partial charge in [-0.25, -0.2) is 0 Å². The predicted octanol–water partition coefficient (Wildman–Crippen LogP) is 0.728. The van der Waals surface area contributed by atoms with Gasteiger partial charge in [-0.05, 0) is 25.9 Å². The highest BCUT2D eigenvalue weighted by atomic mass is 35.5. The third-order valence-electron chi connectivity index (χ3n) is 2.23. The highest BCUT2D eigenvalue weighted by molar-refractivity contribution is 5.85. The van der Waals surface area contributed by atoms with E-state index in [1.165, 1.54) is 0 Å². The molecule has 13 heavy (non-hydrogen) atoms. The maximum absolute atomic E-state index is 10.5. The van der Waals surface area contributed by atoms with Gasteiger partial charge in [0.2, 0.25) is 0 Å². The molecule has 0 aliphatic carbocycles. The molecule has 0 spiro atoms. The number of likely N-dealkylation sites (tertiary alicyclic amines) is 1.